The molecule has 420 valence electrons. The van der Waals surface area contributed by atoms with Gasteiger partial charge in [-0.15, -0.1) is 10.2 Å². The monoisotopic (exact) mass is 1140 g/mol. The van der Waals surface area contributed by atoms with Crippen LogP contribution in [0.4, 0.5) is 23.6 Å². The highest BCUT2D eigenvalue weighted by Gasteiger charge is 2.66. The molecule has 1 aromatic carbocycles. The second kappa shape index (κ2) is 23.9. The fourth-order valence-electron chi connectivity index (χ4n) is 10.2. The molecule has 29 nitrogen and oxygen atoms in total. The molecule has 4 aliphatic rings. The van der Waals surface area contributed by atoms with Gasteiger partial charge in [0.2, 0.25) is 43.1 Å². The van der Waals surface area contributed by atoms with Gasteiger partial charge in [-0.1, -0.05) is 28.1 Å². The standard InChI is InChI=1S/C25H26B3N5O11S.C18H19B3FN5O8.FH/c1-15-3-5-16(6-4-15)45(39,40)42-10-9-31-13-18(29-30-31)17-12-32(23(37)33(20(17)34)21(26)35)25-8-7-24(44-25,14-41-22(27)36)19(11-25)43-28(2)38;1-21(32)34-12-6-18(3-2-17(12,35-18)9-33-15(20)30)26-7-10(11-8-25(5-4-22)24-23-11)13(28)27(14(19)29)16(26)31;/h3-6,12-13,19,38H,7-11,14H2,1-2H3;7-8,12,32H,2-6,9H2,1H3;1H/p-1/i;22-1;1-1. The molecule has 8 radical (unpaired) electrons. The molecule has 4 fully saturated rings. The zero-order valence-corrected chi connectivity index (χ0v) is 44.0. The summed E-state index contributed by atoms with van der Waals surface area (Å²) in [6, 6.07) is 6.11. The molecule has 0 saturated carbocycles. The fraction of sp³-hybridized carbons (Fsp3) is 0.488. The predicted octanol–water partition coefficient (Wildman–Crippen LogP) is -4.69. The van der Waals surface area contributed by atoms with Crippen LogP contribution in [0.2, 0.25) is 13.6 Å². The lowest BCUT2D eigenvalue weighted by Gasteiger charge is -2.33. The van der Waals surface area contributed by atoms with Crippen LogP contribution in [0.25, 0.3) is 22.5 Å². The Bertz CT molecular complexity index is 3600. The van der Waals surface area contributed by atoms with E-state index in [0.717, 1.165) is 31.8 Å². The molecule has 0 spiro atoms. The summed E-state index contributed by atoms with van der Waals surface area (Å²) in [7, 11) is 14.5. The Morgan fingerprint density at radius 1 is 0.704 bits per heavy atom. The number of aromatic nitrogens is 10. The number of fused-ring (bicyclic) bond motifs is 4. The van der Waals surface area contributed by atoms with E-state index in [0.29, 0.717) is 0 Å². The quantitative estimate of drug-likeness (QED) is 0.0580. The van der Waals surface area contributed by atoms with Crippen molar-refractivity contribution in [1.82, 2.24) is 48.3 Å². The number of ether oxygens (including phenoxy) is 4. The minimum Gasteiger partial charge on any atom is -1.00 e. The fourth-order valence-corrected chi connectivity index (χ4v) is 11.1. The first-order valence-electron chi connectivity index (χ1n) is 24.3. The third-order valence-corrected chi connectivity index (χ3v) is 15.1. The van der Waals surface area contributed by atoms with Crippen molar-refractivity contribution < 1.29 is 79.2 Å². The molecule has 2 N–H and O–H groups in total. The SMILES string of the molecule is [18F-].[B]C(=O)OCC12CCC(n3cc(-c4cn(CCOS(=O)(=O)c5ccc(C)cc5)nn4)c(=O)n(C([B])=O)c3=O)(CC1OB(C)O)O2.[B]C(=O)OCC12CCC(n3cc(-c4cn(CC[18F])nn4)c(=O)n(C([B])=O)c3=O)(CC1OB(C)O)O2. The smallest absolute Gasteiger partial charge is 0.451 e. The van der Waals surface area contributed by atoms with Gasteiger partial charge in [-0.05, 0) is 58.4 Å². The summed E-state index contributed by atoms with van der Waals surface area (Å²) in [6.07, 6.45) is 3.87. The van der Waals surface area contributed by atoms with Crippen molar-refractivity contribution in [3.63, 3.8) is 0 Å². The summed E-state index contributed by atoms with van der Waals surface area (Å²) in [4.78, 5) is 99.9. The van der Waals surface area contributed by atoms with Crippen molar-refractivity contribution >= 4 is 79.1 Å². The maximum atomic E-state index is 13.5. The second-order valence-corrected chi connectivity index (χ2v) is 20.8. The number of hydrogen-bond donors (Lipinski definition) is 2. The average Bonchev–Trinajstić information content (AvgIpc) is 3.37. The first-order chi connectivity index (χ1) is 37.7. The third kappa shape index (κ3) is 12.3. The number of alkyl halides is 1. The molecule has 38 heteroatoms. The molecule has 8 heterocycles. The molecular weight excluding hydrogens is 1090 g/mol. The van der Waals surface area contributed by atoms with Crippen LogP contribution < -0.4 is 27.2 Å². The van der Waals surface area contributed by atoms with Crippen LogP contribution in [-0.4, -0.2) is 186 Å². The van der Waals surface area contributed by atoms with Gasteiger partial charge in [-0.3, -0.25) is 42.1 Å². The van der Waals surface area contributed by atoms with Gasteiger partial charge < -0.3 is 43.0 Å². The first-order valence-corrected chi connectivity index (χ1v) is 25.7. The van der Waals surface area contributed by atoms with Crippen LogP contribution in [0.15, 0.2) is 73.1 Å². The predicted molar refractivity (Wildman–Crippen MR) is 274 cm³/mol. The Morgan fingerprint density at radius 2 is 1.12 bits per heavy atom. The number of benzene rings is 1. The third-order valence-electron chi connectivity index (χ3n) is 13.8. The molecule has 5 aromatic rings. The Balaban J connectivity index is 0.000000238. The molecule has 81 heavy (non-hydrogen) atoms. The summed E-state index contributed by atoms with van der Waals surface area (Å²) in [5.74, 6) is -4.83. The Morgan fingerprint density at radius 3 is 1.51 bits per heavy atom. The van der Waals surface area contributed by atoms with Crippen LogP contribution >= 0.6 is 0 Å². The van der Waals surface area contributed by atoms with E-state index in [1.165, 1.54) is 42.9 Å². The van der Waals surface area contributed by atoms with Gasteiger partial charge in [0.1, 0.15) is 42.5 Å². The number of carbonyl (C=O) groups is 4. The number of hydrogen-bond acceptors (Lipinski definition) is 23. The summed E-state index contributed by atoms with van der Waals surface area (Å²) in [5, 5.41) is 35.1. The number of rotatable bonds is 19. The van der Waals surface area contributed by atoms with E-state index in [4.69, 9.17) is 63.8 Å². The van der Waals surface area contributed by atoms with Gasteiger partial charge in [0, 0.05) is 25.2 Å². The van der Waals surface area contributed by atoms with Gasteiger partial charge in [0.05, 0.1) is 60.3 Å². The van der Waals surface area contributed by atoms with E-state index in [9.17, 15) is 61.2 Å². The number of carbonyl (C=O) groups excluding carboxylic acids is 4. The summed E-state index contributed by atoms with van der Waals surface area (Å²) >= 11 is 0. The zero-order chi connectivity index (χ0) is 58.3. The maximum absolute atomic E-state index is 13.5. The van der Waals surface area contributed by atoms with E-state index >= 15 is 0 Å². The van der Waals surface area contributed by atoms with E-state index in [-0.39, 0.29) is 113 Å². The highest BCUT2D eigenvalue weighted by atomic mass is 32.2. The van der Waals surface area contributed by atoms with Crippen LogP contribution in [-0.2, 0) is 67.1 Å². The van der Waals surface area contributed by atoms with Crippen molar-refractivity contribution in [2.45, 2.75) is 112 Å². The van der Waals surface area contributed by atoms with Crippen molar-refractivity contribution in [3.05, 3.63) is 96.3 Å². The molecule has 6 atom stereocenters. The first kappa shape index (κ1) is 61.7. The van der Waals surface area contributed by atoms with Crippen molar-refractivity contribution in [3.8, 4) is 22.5 Å². The molecule has 6 unspecified atom stereocenters. The summed E-state index contributed by atoms with van der Waals surface area (Å²) in [5.41, 5.74) is -9.52. The average molecular weight is 1140 g/mol. The highest BCUT2D eigenvalue weighted by Crippen LogP contribution is 2.56. The van der Waals surface area contributed by atoms with Crippen molar-refractivity contribution in [1.29, 1.82) is 0 Å². The molecule has 4 aromatic heterocycles. The van der Waals surface area contributed by atoms with Crippen LogP contribution in [0.1, 0.15) is 44.1 Å². The minimum absolute atomic E-state index is 0. The highest BCUT2D eigenvalue weighted by molar-refractivity contribution is 7.86. The van der Waals surface area contributed by atoms with Crippen LogP contribution in [0, 0.1) is 6.92 Å². The normalized spacial score (nSPS) is 23.3. The lowest BCUT2D eigenvalue weighted by atomic mass is 9.81. The van der Waals surface area contributed by atoms with Gasteiger partial charge >= 0.3 is 25.6 Å². The zero-order valence-electron chi connectivity index (χ0n) is 43.2. The van der Waals surface area contributed by atoms with Crippen molar-refractivity contribution in [2.75, 3.05) is 26.5 Å². The van der Waals surface area contributed by atoms with E-state index in [1.807, 2.05) is 6.92 Å². The Labute approximate surface area is 462 Å². The Hall–Kier alpha value is -6.94. The van der Waals surface area contributed by atoms with Gasteiger partial charge in [-0.25, -0.2) is 32.5 Å². The van der Waals surface area contributed by atoms with E-state index in [1.54, 1.807) is 12.1 Å². The maximum Gasteiger partial charge on any atom is 0.451 e. The lowest BCUT2D eigenvalue weighted by Crippen LogP contribution is -3.00. The lowest BCUT2D eigenvalue weighted by molar-refractivity contribution is -0.128. The Kier molecular flexibility index (Phi) is 18.2. The largest absolute Gasteiger partial charge is 1.00 e. The number of aryl methyl sites for hydroxylation is 2. The van der Waals surface area contributed by atoms with Crippen LogP contribution in [0.5, 0.6) is 0 Å². The topological polar surface area (TPSA) is 357 Å². The summed E-state index contributed by atoms with van der Waals surface area (Å²) < 4.78 is 81.3. The summed E-state index contributed by atoms with van der Waals surface area (Å²) in [6.45, 7) is 2.62. The molecular formula is C43H45B6F2N10O19S-. The number of halogens is 2. The van der Waals surface area contributed by atoms with Crippen molar-refractivity contribution in [2.24, 2.45) is 0 Å². The number of nitrogens with zero attached hydrogens (tertiary/aromatic N) is 10. The molecule has 9 rings (SSSR count). The molecule has 0 amide bonds. The van der Waals surface area contributed by atoms with Crippen LogP contribution in [0.3, 0.4) is 0 Å². The van der Waals surface area contributed by atoms with E-state index in [2.05, 4.69) is 20.6 Å². The second-order valence-electron chi connectivity index (χ2n) is 19.2. The molecule has 4 bridgehead atoms. The molecule has 0 aliphatic carbocycles. The minimum atomic E-state index is -4.05. The molecule has 4 saturated heterocycles. The molecule has 4 aliphatic heterocycles. The van der Waals surface area contributed by atoms with E-state index < -0.39 is 112 Å². The van der Waals surface area contributed by atoms with Gasteiger partial charge in [0.15, 0.2) is 23.1 Å². The van der Waals surface area contributed by atoms with Gasteiger partial charge in [-0.2, -0.15) is 8.42 Å². The van der Waals surface area contributed by atoms with Gasteiger partial charge in [0.25, 0.3) is 21.2 Å².